The van der Waals surface area contributed by atoms with Crippen LogP contribution in [0, 0.1) is 5.82 Å². The second-order valence-electron chi connectivity index (χ2n) is 2.54. The Bertz CT molecular complexity index is 469. The van der Waals surface area contributed by atoms with Gasteiger partial charge in [0.15, 0.2) is 0 Å². The fourth-order valence-electron chi connectivity index (χ4n) is 1.02. The summed E-state index contributed by atoms with van der Waals surface area (Å²) in [7, 11) is 0. The fourth-order valence-corrected chi connectivity index (χ4v) is 1.27. The van der Waals surface area contributed by atoms with Gasteiger partial charge in [-0.1, -0.05) is 16.7 Å². The minimum atomic E-state index is -0.426. The van der Waals surface area contributed by atoms with Gasteiger partial charge in [-0.2, -0.15) is 4.68 Å². The number of tetrazole rings is 1. The Kier molecular flexibility index (Phi) is 2.05. The van der Waals surface area contributed by atoms with Crippen molar-refractivity contribution < 1.29 is 4.39 Å². The van der Waals surface area contributed by atoms with Crippen LogP contribution in [0.2, 0.25) is 5.02 Å². The molecule has 0 fully saturated rings. The molecule has 0 atom stereocenters. The number of nitrogen functional groups attached to an aromatic ring is 1. The molecule has 5 nitrogen and oxygen atoms in total. The van der Waals surface area contributed by atoms with Gasteiger partial charge in [0.05, 0.1) is 10.7 Å². The van der Waals surface area contributed by atoms with Gasteiger partial charge < -0.3 is 5.73 Å². The van der Waals surface area contributed by atoms with Gasteiger partial charge in [0.1, 0.15) is 5.82 Å². The van der Waals surface area contributed by atoms with Gasteiger partial charge >= 0.3 is 0 Å². The van der Waals surface area contributed by atoms with E-state index < -0.39 is 5.82 Å². The van der Waals surface area contributed by atoms with E-state index in [1.165, 1.54) is 16.8 Å². The summed E-state index contributed by atoms with van der Waals surface area (Å²) in [6.45, 7) is 0. The highest BCUT2D eigenvalue weighted by Crippen LogP contribution is 2.21. The molecule has 0 saturated heterocycles. The summed E-state index contributed by atoms with van der Waals surface area (Å²) in [4.78, 5) is 0. The summed E-state index contributed by atoms with van der Waals surface area (Å²) in [5, 5.41) is 10.6. The molecule has 2 aromatic rings. The summed E-state index contributed by atoms with van der Waals surface area (Å²) in [5.41, 5.74) is 5.89. The van der Waals surface area contributed by atoms with Gasteiger partial charge in [0.25, 0.3) is 0 Å². The van der Waals surface area contributed by atoms with Crippen molar-refractivity contribution in [2.24, 2.45) is 0 Å². The number of rotatable bonds is 1. The number of nitrogens with zero attached hydrogens (tertiary/aromatic N) is 4. The third kappa shape index (κ3) is 1.39. The van der Waals surface area contributed by atoms with Gasteiger partial charge in [-0.3, -0.25) is 0 Å². The summed E-state index contributed by atoms with van der Waals surface area (Å²) in [6.07, 6.45) is 0. The molecule has 0 aliphatic rings. The summed E-state index contributed by atoms with van der Waals surface area (Å²) >= 11 is 5.78. The highest BCUT2D eigenvalue weighted by Gasteiger charge is 2.08. The molecule has 0 bridgehead atoms. The quantitative estimate of drug-likeness (QED) is 0.768. The third-order valence-corrected chi connectivity index (χ3v) is 1.93. The Balaban J connectivity index is 2.58. The molecule has 1 aromatic heterocycles. The molecule has 72 valence electrons. The van der Waals surface area contributed by atoms with Crippen LogP contribution in [0.3, 0.4) is 0 Å². The van der Waals surface area contributed by atoms with Crippen LogP contribution in [0.5, 0.6) is 0 Å². The maximum atomic E-state index is 12.7. The molecule has 7 heteroatoms. The highest BCUT2D eigenvalue weighted by molar-refractivity contribution is 6.32. The molecular weight excluding hydrogens is 209 g/mol. The van der Waals surface area contributed by atoms with E-state index in [-0.39, 0.29) is 11.0 Å². The number of hydrogen-bond donors (Lipinski definition) is 1. The number of aromatic nitrogens is 4. The van der Waals surface area contributed by atoms with Gasteiger partial charge in [-0.15, -0.1) is 0 Å². The third-order valence-electron chi connectivity index (χ3n) is 1.63. The van der Waals surface area contributed by atoms with Crippen molar-refractivity contribution in [2.45, 2.75) is 0 Å². The lowest BCUT2D eigenvalue weighted by molar-refractivity contribution is 0.627. The van der Waals surface area contributed by atoms with Crippen LogP contribution >= 0.6 is 11.6 Å². The Hall–Kier alpha value is -1.69. The Labute approximate surface area is 83.3 Å². The first-order chi connectivity index (χ1) is 6.68. The van der Waals surface area contributed by atoms with Crippen molar-refractivity contribution in [1.29, 1.82) is 0 Å². The zero-order valence-electron chi connectivity index (χ0n) is 6.85. The predicted molar refractivity (Wildman–Crippen MR) is 48.5 cm³/mol. The molecule has 0 aliphatic heterocycles. The molecule has 1 heterocycles. The fraction of sp³-hybridized carbons (Fsp3) is 0. The topological polar surface area (TPSA) is 69.6 Å². The van der Waals surface area contributed by atoms with Crippen LogP contribution in [-0.4, -0.2) is 20.2 Å². The van der Waals surface area contributed by atoms with Crippen molar-refractivity contribution in [1.82, 2.24) is 20.2 Å². The lowest BCUT2D eigenvalue weighted by atomic mass is 10.3. The average Bonchev–Trinajstić information content (AvgIpc) is 2.52. The highest BCUT2D eigenvalue weighted by atomic mass is 35.5. The van der Waals surface area contributed by atoms with E-state index in [9.17, 15) is 4.39 Å². The monoisotopic (exact) mass is 213 g/mol. The largest absolute Gasteiger partial charge is 0.366 e. The van der Waals surface area contributed by atoms with Crippen molar-refractivity contribution in [3.8, 4) is 5.69 Å². The number of nitrogens with two attached hydrogens (primary N) is 1. The van der Waals surface area contributed by atoms with E-state index in [1.807, 2.05) is 0 Å². The number of anilines is 1. The zero-order valence-corrected chi connectivity index (χ0v) is 7.61. The van der Waals surface area contributed by atoms with Crippen LogP contribution in [0.25, 0.3) is 5.69 Å². The zero-order chi connectivity index (χ0) is 10.1. The first-order valence-corrected chi connectivity index (χ1v) is 4.05. The Morgan fingerprint density at radius 1 is 1.43 bits per heavy atom. The summed E-state index contributed by atoms with van der Waals surface area (Å²) in [6, 6.07) is 3.87. The molecule has 2 N–H and O–H groups in total. The smallest absolute Gasteiger partial charge is 0.245 e. The van der Waals surface area contributed by atoms with Gasteiger partial charge in [0.2, 0.25) is 5.95 Å². The van der Waals surface area contributed by atoms with Crippen molar-refractivity contribution in [3.63, 3.8) is 0 Å². The molecule has 0 amide bonds. The lowest BCUT2D eigenvalue weighted by Crippen LogP contribution is -2.03. The Morgan fingerprint density at radius 3 is 2.79 bits per heavy atom. The predicted octanol–water partition coefficient (Wildman–Crippen LogP) is 1.04. The molecule has 0 saturated carbocycles. The van der Waals surface area contributed by atoms with Crippen LogP contribution < -0.4 is 5.73 Å². The number of benzene rings is 1. The van der Waals surface area contributed by atoms with Crippen molar-refractivity contribution in [2.75, 3.05) is 5.73 Å². The lowest BCUT2D eigenvalue weighted by Gasteiger charge is -2.03. The second kappa shape index (κ2) is 3.22. The van der Waals surface area contributed by atoms with Crippen LogP contribution in [-0.2, 0) is 0 Å². The van der Waals surface area contributed by atoms with E-state index in [0.29, 0.717) is 5.69 Å². The average molecular weight is 214 g/mol. The van der Waals surface area contributed by atoms with Crippen LogP contribution in [0.4, 0.5) is 10.3 Å². The van der Waals surface area contributed by atoms with Crippen molar-refractivity contribution >= 4 is 17.5 Å². The minimum Gasteiger partial charge on any atom is -0.366 e. The van der Waals surface area contributed by atoms with E-state index in [4.69, 9.17) is 17.3 Å². The van der Waals surface area contributed by atoms with Gasteiger partial charge in [0, 0.05) is 0 Å². The normalized spacial score (nSPS) is 10.4. The van der Waals surface area contributed by atoms with E-state index >= 15 is 0 Å². The maximum Gasteiger partial charge on any atom is 0.245 e. The Morgan fingerprint density at radius 2 is 2.21 bits per heavy atom. The van der Waals surface area contributed by atoms with E-state index in [1.54, 1.807) is 0 Å². The summed E-state index contributed by atoms with van der Waals surface area (Å²) < 4.78 is 13.9. The molecule has 2 rings (SSSR count). The minimum absolute atomic E-state index is 0.0958. The summed E-state index contributed by atoms with van der Waals surface area (Å²) in [5.74, 6) is -0.330. The van der Waals surface area contributed by atoms with Gasteiger partial charge in [-0.05, 0) is 28.6 Å². The number of halogens is 2. The molecule has 0 radical (unpaired) electrons. The first kappa shape index (κ1) is 8.89. The van der Waals surface area contributed by atoms with Crippen molar-refractivity contribution in [3.05, 3.63) is 29.0 Å². The van der Waals surface area contributed by atoms with E-state index in [2.05, 4.69) is 15.5 Å². The molecule has 0 aliphatic carbocycles. The molecule has 1 aromatic carbocycles. The molecule has 0 spiro atoms. The SMILES string of the molecule is Nc1nnnn1-c1ccc(F)cc1Cl. The van der Waals surface area contributed by atoms with E-state index in [0.717, 1.165) is 6.07 Å². The molecule has 0 unspecified atom stereocenters. The molecular formula is C7H5ClFN5. The first-order valence-electron chi connectivity index (χ1n) is 3.68. The van der Waals surface area contributed by atoms with Crippen LogP contribution in [0.1, 0.15) is 0 Å². The molecule has 14 heavy (non-hydrogen) atoms. The second-order valence-corrected chi connectivity index (χ2v) is 2.95. The van der Waals surface area contributed by atoms with Crippen LogP contribution in [0.15, 0.2) is 18.2 Å². The standard InChI is InChI=1S/C7H5ClFN5/c8-5-3-4(9)1-2-6(5)14-7(10)11-12-13-14/h1-3H,(H2,10,11,13). The van der Waals surface area contributed by atoms with Gasteiger partial charge in [-0.25, -0.2) is 4.39 Å². The maximum absolute atomic E-state index is 12.7. The number of hydrogen-bond acceptors (Lipinski definition) is 4.